The van der Waals surface area contributed by atoms with E-state index in [-0.39, 0.29) is 0 Å². The number of aryl methyl sites for hydroxylation is 2. The molecule has 1 nitrogen and oxygen atoms in total. The van der Waals surface area contributed by atoms with Crippen LogP contribution in [0.2, 0.25) is 5.02 Å². The number of hydrogen-bond donors (Lipinski definition) is 0. The van der Waals surface area contributed by atoms with Crippen molar-refractivity contribution in [2.45, 2.75) is 38.5 Å². The predicted octanol–water partition coefficient (Wildman–Crippen LogP) is 6.46. The van der Waals surface area contributed by atoms with Gasteiger partial charge >= 0.3 is 0 Å². The van der Waals surface area contributed by atoms with Crippen LogP contribution in [0.3, 0.4) is 0 Å². The molecule has 0 spiro atoms. The Balaban J connectivity index is 1.65. The van der Waals surface area contributed by atoms with Gasteiger partial charge in [0.1, 0.15) is 5.75 Å². The minimum absolute atomic E-state index is 0.813. The van der Waals surface area contributed by atoms with Crippen LogP contribution in [0.5, 0.6) is 5.75 Å². The van der Waals surface area contributed by atoms with Gasteiger partial charge in [0, 0.05) is 9.50 Å². The maximum atomic E-state index is 5.89. The summed E-state index contributed by atoms with van der Waals surface area (Å²) in [4.78, 5) is 0. The van der Waals surface area contributed by atoms with Gasteiger partial charge in [0.15, 0.2) is 0 Å². The molecule has 0 aliphatic heterocycles. The Morgan fingerprint density at radius 1 is 0.864 bits per heavy atom. The fraction of sp³-hybridized carbons (Fsp3) is 0.368. The molecule has 0 saturated heterocycles. The van der Waals surface area contributed by atoms with E-state index in [0.29, 0.717) is 0 Å². The Kier molecular flexibility index (Phi) is 7.28. The smallest absolute Gasteiger partial charge is 0.120 e. The predicted molar refractivity (Wildman–Crippen MR) is 98.0 cm³/mol. The lowest BCUT2D eigenvalue weighted by molar-refractivity contribution is 0.414. The summed E-state index contributed by atoms with van der Waals surface area (Å²) in [5, 5.41) is 0.813. The van der Waals surface area contributed by atoms with Crippen LogP contribution in [0.25, 0.3) is 0 Å². The van der Waals surface area contributed by atoms with Crippen LogP contribution in [-0.4, -0.2) is 7.11 Å². The number of unbranched alkanes of at least 4 members (excludes halogenated alkanes) is 3. The van der Waals surface area contributed by atoms with E-state index >= 15 is 0 Å². The fourth-order valence-corrected chi connectivity index (χ4v) is 3.19. The highest BCUT2D eigenvalue weighted by molar-refractivity contribution is 9.10. The first-order valence-electron chi connectivity index (χ1n) is 7.75. The van der Waals surface area contributed by atoms with Crippen LogP contribution in [-0.2, 0) is 12.8 Å². The average molecular weight is 382 g/mol. The Morgan fingerprint density at radius 2 is 1.50 bits per heavy atom. The molecule has 0 atom stereocenters. The maximum Gasteiger partial charge on any atom is 0.120 e. The highest BCUT2D eigenvalue weighted by Gasteiger charge is 2.00. The second-order valence-electron chi connectivity index (χ2n) is 5.54. The molecular weight excluding hydrogens is 360 g/mol. The molecule has 22 heavy (non-hydrogen) atoms. The Morgan fingerprint density at radius 3 is 2.14 bits per heavy atom. The van der Waals surface area contributed by atoms with Gasteiger partial charge in [0.05, 0.1) is 7.11 Å². The second kappa shape index (κ2) is 9.22. The number of halogens is 2. The third-order valence-electron chi connectivity index (χ3n) is 3.76. The Hall–Kier alpha value is -0.990. The third kappa shape index (κ3) is 6.02. The van der Waals surface area contributed by atoms with E-state index in [0.717, 1.165) is 28.1 Å². The molecule has 118 valence electrons. The zero-order valence-electron chi connectivity index (χ0n) is 12.9. The SMILES string of the molecule is COc1cc(Br)cc(CCCCCCc2ccc(Cl)cc2)c1. The Labute approximate surface area is 146 Å². The van der Waals surface area contributed by atoms with Crippen molar-refractivity contribution >= 4 is 27.5 Å². The molecular formula is C19H22BrClO. The monoisotopic (exact) mass is 380 g/mol. The van der Waals surface area contributed by atoms with Gasteiger partial charge in [-0.3, -0.25) is 0 Å². The lowest BCUT2D eigenvalue weighted by atomic mass is 10.0. The summed E-state index contributed by atoms with van der Waals surface area (Å²) < 4.78 is 6.39. The molecule has 0 amide bonds. The van der Waals surface area contributed by atoms with E-state index in [1.807, 2.05) is 18.2 Å². The van der Waals surface area contributed by atoms with E-state index in [4.69, 9.17) is 16.3 Å². The molecule has 0 radical (unpaired) electrons. The first-order valence-corrected chi connectivity index (χ1v) is 8.92. The molecule has 0 aromatic heterocycles. The summed E-state index contributed by atoms with van der Waals surface area (Å²) in [5.41, 5.74) is 2.71. The standard InChI is InChI=1S/C19H22BrClO/c1-22-19-13-16(12-17(20)14-19)7-5-3-2-4-6-15-8-10-18(21)11-9-15/h8-14H,2-7H2,1H3. The summed E-state index contributed by atoms with van der Waals surface area (Å²) in [6, 6.07) is 14.5. The normalized spacial score (nSPS) is 10.7. The van der Waals surface area contributed by atoms with Crippen LogP contribution in [0, 0.1) is 0 Å². The molecule has 3 heteroatoms. The fourth-order valence-electron chi connectivity index (χ4n) is 2.55. The molecule has 0 aliphatic carbocycles. The number of methoxy groups -OCH3 is 1. The zero-order valence-corrected chi connectivity index (χ0v) is 15.3. The molecule has 0 fully saturated rings. The summed E-state index contributed by atoms with van der Waals surface area (Å²) in [5.74, 6) is 0.923. The van der Waals surface area contributed by atoms with Crippen molar-refractivity contribution in [1.82, 2.24) is 0 Å². The van der Waals surface area contributed by atoms with Crippen molar-refractivity contribution in [1.29, 1.82) is 0 Å². The summed E-state index contributed by atoms with van der Waals surface area (Å²) in [7, 11) is 1.71. The molecule has 0 aliphatic rings. The topological polar surface area (TPSA) is 9.23 Å². The van der Waals surface area contributed by atoms with Gasteiger partial charge in [-0.25, -0.2) is 0 Å². The third-order valence-corrected chi connectivity index (χ3v) is 4.47. The average Bonchev–Trinajstić information content (AvgIpc) is 2.52. The van der Waals surface area contributed by atoms with Crippen LogP contribution in [0.1, 0.15) is 36.8 Å². The largest absolute Gasteiger partial charge is 0.497 e. The number of rotatable bonds is 8. The number of ether oxygens (including phenoxy) is 1. The summed E-state index contributed by atoms with van der Waals surface area (Å²) in [6.45, 7) is 0. The lowest BCUT2D eigenvalue weighted by Gasteiger charge is -2.06. The first-order chi connectivity index (χ1) is 10.7. The molecule has 0 heterocycles. The van der Waals surface area contributed by atoms with E-state index < -0.39 is 0 Å². The molecule has 0 unspecified atom stereocenters. The van der Waals surface area contributed by atoms with E-state index in [1.165, 1.54) is 36.8 Å². The van der Waals surface area contributed by atoms with Crippen LogP contribution in [0.4, 0.5) is 0 Å². The van der Waals surface area contributed by atoms with Gasteiger partial charge < -0.3 is 4.74 Å². The van der Waals surface area contributed by atoms with E-state index in [1.54, 1.807) is 7.11 Å². The van der Waals surface area contributed by atoms with Gasteiger partial charge in [-0.05, 0) is 67.1 Å². The van der Waals surface area contributed by atoms with Crippen molar-refractivity contribution in [3.63, 3.8) is 0 Å². The van der Waals surface area contributed by atoms with Crippen LogP contribution in [0.15, 0.2) is 46.9 Å². The lowest BCUT2D eigenvalue weighted by Crippen LogP contribution is -1.90. The molecule has 2 rings (SSSR count). The second-order valence-corrected chi connectivity index (χ2v) is 6.89. The van der Waals surface area contributed by atoms with Gasteiger partial charge in [0.25, 0.3) is 0 Å². The van der Waals surface area contributed by atoms with Crippen molar-refractivity contribution in [3.8, 4) is 5.75 Å². The van der Waals surface area contributed by atoms with Gasteiger partial charge in [-0.1, -0.05) is 52.5 Å². The van der Waals surface area contributed by atoms with E-state index in [2.05, 4.69) is 40.2 Å². The van der Waals surface area contributed by atoms with Gasteiger partial charge in [0.2, 0.25) is 0 Å². The van der Waals surface area contributed by atoms with Crippen molar-refractivity contribution in [3.05, 3.63) is 63.1 Å². The maximum absolute atomic E-state index is 5.89. The van der Waals surface area contributed by atoms with Crippen molar-refractivity contribution < 1.29 is 4.74 Å². The minimum atomic E-state index is 0.813. The van der Waals surface area contributed by atoms with E-state index in [9.17, 15) is 0 Å². The van der Waals surface area contributed by atoms with Crippen molar-refractivity contribution in [2.24, 2.45) is 0 Å². The molecule has 0 N–H and O–H groups in total. The summed E-state index contributed by atoms with van der Waals surface area (Å²) in [6.07, 6.45) is 7.25. The van der Waals surface area contributed by atoms with Crippen molar-refractivity contribution in [2.75, 3.05) is 7.11 Å². The zero-order chi connectivity index (χ0) is 15.8. The number of hydrogen-bond acceptors (Lipinski definition) is 1. The highest BCUT2D eigenvalue weighted by atomic mass is 79.9. The molecule has 2 aromatic carbocycles. The molecule has 0 saturated carbocycles. The molecule has 0 bridgehead atoms. The minimum Gasteiger partial charge on any atom is -0.497 e. The van der Waals surface area contributed by atoms with Crippen LogP contribution < -0.4 is 4.74 Å². The highest BCUT2D eigenvalue weighted by Crippen LogP contribution is 2.22. The quantitative estimate of drug-likeness (QED) is 0.477. The summed E-state index contributed by atoms with van der Waals surface area (Å²) >= 11 is 9.42. The molecule has 2 aromatic rings. The first kappa shape index (κ1) is 17.4. The Bertz CT molecular complexity index is 580. The number of benzene rings is 2. The van der Waals surface area contributed by atoms with Gasteiger partial charge in [-0.15, -0.1) is 0 Å². The van der Waals surface area contributed by atoms with Crippen LogP contribution >= 0.6 is 27.5 Å². The van der Waals surface area contributed by atoms with Gasteiger partial charge in [-0.2, -0.15) is 0 Å².